The van der Waals surface area contributed by atoms with Crippen LogP contribution in [0.25, 0.3) is 11.1 Å². The highest BCUT2D eigenvalue weighted by atomic mass is 35.5. The number of aromatic nitrogens is 1. The zero-order chi connectivity index (χ0) is 25.8. The van der Waals surface area contributed by atoms with Gasteiger partial charge in [0.1, 0.15) is 23.8 Å². The Balaban J connectivity index is 2.17. The molecule has 7 nitrogen and oxygen atoms in total. The number of methoxy groups -OCH3 is 1. The van der Waals surface area contributed by atoms with Crippen molar-refractivity contribution < 1.29 is 27.4 Å². The molecule has 0 spiro atoms. The van der Waals surface area contributed by atoms with Gasteiger partial charge in [-0.05, 0) is 24.3 Å². The van der Waals surface area contributed by atoms with Gasteiger partial charge >= 0.3 is 6.18 Å². The third-order valence-electron chi connectivity index (χ3n) is 5.03. The van der Waals surface area contributed by atoms with Gasteiger partial charge in [-0.15, -0.1) is 0 Å². The van der Waals surface area contributed by atoms with Crippen molar-refractivity contribution in [3.05, 3.63) is 70.5 Å². The van der Waals surface area contributed by atoms with E-state index in [1.807, 2.05) is 0 Å². The summed E-state index contributed by atoms with van der Waals surface area (Å²) in [5.74, 6) is 0.0489. The van der Waals surface area contributed by atoms with E-state index in [2.05, 4.69) is 4.98 Å². The van der Waals surface area contributed by atoms with Gasteiger partial charge in [-0.25, -0.2) is 0 Å². The number of ether oxygens (including phenoxy) is 2. The maximum Gasteiger partial charge on any atom is 0.433 e. The fourth-order valence-corrected chi connectivity index (χ4v) is 3.59. The summed E-state index contributed by atoms with van der Waals surface area (Å²) in [6.45, 7) is 0.246. The molecule has 0 aliphatic rings. The summed E-state index contributed by atoms with van der Waals surface area (Å²) in [5.41, 5.74) is 4.70. The molecule has 0 radical (unpaired) electrons. The van der Waals surface area contributed by atoms with Crippen LogP contribution in [0.1, 0.15) is 21.6 Å². The second kappa shape index (κ2) is 10.6. The lowest BCUT2D eigenvalue weighted by atomic mass is 9.98. The predicted molar refractivity (Wildman–Crippen MR) is 125 cm³/mol. The molecule has 2 N–H and O–H groups in total. The largest absolute Gasteiger partial charge is 0.495 e. The van der Waals surface area contributed by atoms with E-state index >= 15 is 0 Å². The number of hydrogen-bond acceptors (Lipinski definition) is 6. The van der Waals surface area contributed by atoms with Gasteiger partial charge in [0.25, 0.3) is 5.91 Å². The molecular weight excluding hydrogens is 485 g/mol. The maximum atomic E-state index is 13.5. The minimum Gasteiger partial charge on any atom is -0.495 e. The van der Waals surface area contributed by atoms with E-state index in [0.717, 1.165) is 6.20 Å². The second-order valence-electron chi connectivity index (χ2n) is 7.23. The lowest BCUT2D eigenvalue weighted by Crippen LogP contribution is -2.27. The number of hydrogen-bond donors (Lipinski definition) is 1. The van der Waals surface area contributed by atoms with Crippen LogP contribution in [0.15, 0.2) is 48.7 Å². The van der Waals surface area contributed by atoms with E-state index in [9.17, 15) is 23.2 Å². The molecule has 0 saturated carbocycles. The molecule has 11 heteroatoms. The predicted octanol–water partition coefficient (Wildman–Crippen LogP) is 4.92. The number of amides is 1. The van der Waals surface area contributed by atoms with E-state index < -0.39 is 17.8 Å². The summed E-state index contributed by atoms with van der Waals surface area (Å²) < 4.78 is 50.2. The van der Waals surface area contributed by atoms with Crippen LogP contribution in [0.3, 0.4) is 0 Å². The minimum atomic E-state index is -4.73. The Morgan fingerprint density at radius 1 is 1.20 bits per heavy atom. The summed E-state index contributed by atoms with van der Waals surface area (Å²) in [5, 5.41) is 9.54. The van der Waals surface area contributed by atoms with Crippen LogP contribution in [-0.2, 0) is 6.18 Å². The van der Waals surface area contributed by atoms with Crippen molar-refractivity contribution in [1.82, 2.24) is 4.98 Å². The van der Waals surface area contributed by atoms with Crippen LogP contribution in [0.2, 0.25) is 5.02 Å². The first-order valence-electron chi connectivity index (χ1n) is 10.2. The Kier molecular flexibility index (Phi) is 7.84. The molecule has 35 heavy (non-hydrogen) atoms. The van der Waals surface area contributed by atoms with Crippen molar-refractivity contribution in [2.24, 2.45) is 5.73 Å². The number of nitrogens with zero attached hydrogens (tertiary/aromatic N) is 3. The number of alkyl halides is 3. The second-order valence-corrected chi connectivity index (χ2v) is 7.63. The molecule has 182 valence electrons. The van der Waals surface area contributed by atoms with Gasteiger partial charge in [0.15, 0.2) is 0 Å². The van der Waals surface area contributed by atoms with Gasteiger partial charge in [-0.2, -0.15) is 18.4 Å². The topological polar surface area (TPSA) is 101 Å². The van der Waals surface area contributed by atoms with Crippen LogP contribution in [0, 0.1) is 11.3 Å². The van der Waals surface area contributed by atoms with Gasteiger partial charge in [-0.3, -0.25) is 9.78 Å². The number of nitriles is 1. The quantitative estimate of drug-likeness (QED) is 0.490. The Morgan fingerprint density at radius 2 is 1.91 bits per heavy atom. The fourth-order valence-electron chi connectivity index (χ4n) is 3.33. The Morgan fingerprint density at radius 3 is 2.54 bits per heavy atom. The number of carbonyl (C=O) groups is 1. The average Bonchev–Trinajstić information content (AvgIpc) is 2.85. The van der Waals surface area contributed by atoms with Crippen molar-refractivity contribution in [3.8, 4) is 28.7 Å². The summed E-state index contributed by atoms with van der Waals surface area (Å²) >= 11 is 6.41. The molecule has 1 heterocycles. The molecule has 3 rings (SSSR count). The number of nitrogens with two attached hydrogens (primary N) is 1. The summed E-state index contributed by atoms with van der Waals surface area (Å²) in [6.07, 6.45) is -3.83. The Hall–Kier alpha value is -3.81. The summed E-state index contributed by atoms with van der Waals surface area (Å²) in [6, 6.07) is 11.9. The van der Waals surface area contributed by atoms with Crippen LogP contribution >= 0.6 is 11.6 Å². The SMILES string of the molecule is COc1ccccc1N(C)C(=O)c1cc(-c2cnc(C(F)(F)F)cc2C#N)c(Cl)cc1OCCN. The van der Waals surface area contributed by atoms with Crippen molar-refractivity contribution in [2.45, 2.75) is 6.18 Å². The third kappa shape index (κ3) is 5.48. The molecule has 0 fully saturated rings. The minimum absolute atomic E-state index is 0.0323. The van der Waals surface area contributed by atoms with E-state index in [4.69, 9.17) is 26.8 Å². The highest BCUT2D eigenvalue weighted by Gasteiger charge is 2.33. The first-order valence-corrected chi connectivity index (χ1v) is 10.5. The van der Waals surface area contributed by atoms with E-state index in [-0.39, 0.29) is 46.2 Å². The van der Waals surface area contributed by atoms with Crippen LogP contribution in [0.4, 0.5) is 18.9 Å². The average molecular weight is 505 g/mol. The molecule has 2 aromatic carbocycles. The number of halogens is 4. The molecule has 1 aromatic heterocycles. The lowest BCUT2D eigenvalue weighted by Gasteiger charge is -2.22. The smallest absolute Gasteiger partial charge is 0.433 e. The molecule has 0 aliphatic carbocycles. The van der Waals surface area contributed by atoms with Gasteiger partial charge in [0.2, 0.25) is 0 Å². The molecule has 0 aliphatic heterocycles. The Bertz CT molecular complexity index is 1290. The van der Waals surface area contributed by atoms with Crippen LogP contribution < -0.4 is 20.1 Å². The number of benzene rings is 2. The highest BCUT2D eigenvalue weighted by molar-refractivity contribution is 6.34. The summed E-state index contributed by atoms with van der Waals surface area (Å²) in [7, 11) is 3.00. The molecule has 0 unspecified atom stereocenters. The zero-order valence-electron chi connectivity index (χ0n) is 18.7. The van der Waals surface area contributed by atoms with Crippen molar-refractivity contribution in [2.75, 3.05) is 32.2 Å². The van der Waals surface area contributed by atoms with Gasteiger partial charge < -0.3 is 20.1 Å². The van der Waals surface area contributed by atoms with Gasteiger partial charge in [-0.1, -0.05) is 23.7 Å². The van der Waals surface area contributed by atoms with E-state index in [1.165, 1.54) is 31.2 Å². The number of carbonyl (C=O) groups excluding carboxylic acids is 1. The van der Waals surface area contributed by atoms with Crippen molar-refractivity contribution in [3.63, 3.8) is 0 Å². The number of rotatable bonds is 7. The molecule has 0 atom stereocenters. The molecule has 0 saturated heterocycles. The summed E-state index contributed by atoms with van der Waals surface area (Å²) in [4.78, 5) is 18.3. The molecule has 0 bridgehead atoms. The first-order chi connectivity index (χ1) is 16.6. The standard InChI is InChI=1S/C24H20ClF3N4O3/c1-32(19-5-3-4-6-20(19)34-2)23(33)16-10-15(18(25)11-21(16)35-8-7-29)17-13-31-22(24(26,27)28)9-14(17)12-30/h3-6,9-11,13H,7-8,29H2,1-2H3. The molecule has 3 aromatic rings. The van der Waals surface area contributed by atoms with Crippen LogP contribution in [-0.4, -0.2) is 38.2 Å². The third-order valence-corrected chi connectivity index (χ3v) is 5.34. The van der Waals surface area contributed by atoms with Crippen molar-refractivity contribution in [1.29, 1.82) is 5.26 Å². The molecule has 1 amide bonds. The van der Waals surface area contributed by atoms with E-state index in [0.29, 0.717) is 17.5 Å². The Labute approximate surface area is 204 Å². The number of anilines is 1. The highest BCUT2D eigenvalue weighted by Crippen LogP contribution is 2.38. The van der Waals surface area contributed by atoms with Crippen LogP contribution in [0.5, 0.6) is 11.5 Å². The van der Waals surface area contributed by atoms with Crippen molar-refractivity contribution >= 4 is 23.2 Å². The van der Waals surface area contributed by atoms with Gasteiger partial charge in [0, 0.05) is 37.0 Å². The van der Waals surface area contributed by atoms with Gasteiger partial charge in [0.05, 0.1) is 35.0 Å². The number of para-hydroxylation sites is 2. The lowest BCUT2D eigenvalue weighted by molar-refractivity contribution is -0.141. The maximum absolute atomic E-state index is 13.5. The molecular formula is C24H20ClF3N4O3. The monoisotopic (exact) mass is 504 g/mol. The normalized spacial score (nSPS) is 11.0. The zero-order valence-corrected chi connectivity index (χ0v) is 19.4. The first kappa shape index (κ1) is 25.8. The number of pyridine rings is 1. The fraction of sp³-hybridized carbons (Fsp3) is 0.208. The van der Waals surface area contributed by atoms with E-state index in [1.54, 1.807) is 30.3 Å².